The molecule has 7 nitrogen and oxygen atoms in total. The van der Waals surface area contributed by atoms with E-state index in [2.05, 4.69) is 22.5 Å². The summed E-state index contributed by atoms with van der Waals surface area (Å²) in [4.78, 5) is 38.3. The van der Waals surface area contributed by atoms with Gasteiger partial charge in [-0.25, -0.2) is 0 Å². The number of nitrogens with zero attached hydrogens (tertiary/aromatic N) is 1. The lowest BCUT2D eigenvalue weighted by Crippen LogP contribution is -2.55. The lowest BCUT2D eigenvalue weighted by atomic mass is 9.86. The van der Waals surface area contributed by atoms with Crippen molar-refractivity contribution < 1.29 is 14.4 Å². The van der Waals surface area contributed by atoms with Crippen molar-refractivity contribution in [2.24, 2.45) is 0 Å². The monoisotopic (exact) mass is 396 g/mol. The Morgan fingerprint density at radius 2 is 2.17 bits per heavy atom. The number of carbonyl (C=O) groups excluding carboxylic acids is 3. The number of imide groups is 1. The van der Waals surface area contributed by atoms with Crippen molar-refractivity contribution in [2.45, 2.75) is 56.8 Å². The van der Waals surface area contributed by atoms with Gasteiger partial charge in [-0.05, 0) is 49.4 Å². The molecule has 7 heteroatoms. The second-order valence-corrected chi connectivity index (χ2v) is 8.25. The molecule has 3 N–H and O–H groups in total. The fraction of sp³-hybridized carbons (Fsp3) is 0.500. The fourth-order valence-electron chi connectivity index (χ4n) is 4.74. The van der Waals surface area contributed by atoms with Gasteiger partial charge in [0.2, 0.25) is 11.8 Å². The second kappa shape index (κ2) is 8.08. The minimum atomic E-state index is -0.580. The van der Waals surface area contributed by atoms with E-state index in [-0.39, 0.29) is 29.7 Å². The molecule has 2 atom stereocenters. The molecule has 3 amide bonds. The summed E-state index contributed by atoms with van der Waals surface area (Å²) in [7, 11) is 0. The summed E-state index contributed by atoms with van der Waals surface area (Å²) in [5, 5.41) is 9.54. The quantitative estimate of drug-likeness (QED) is 0.497. The van der Waals surface area contributed by atoms with Crippen molar-refractivity contribution in [3.63, 3.8) is 0 Å². The first-order valence-corrected chi connectivity index (χ1v) is 10.3. The topological polar surface area (TPSA) is 90.5 Å². The van der Waals surface area contributed by atoms with Gasteiger partial charge in [0.1, 0.15) is 6.04 Å². The van der Waals surface area contributed by atoms with E-state index in [4.69, 9.17) is 0 Å². The molecule has 2 fully saturated rings. The number of piperidine rings is 2. The van der Waals surface area contributed by atoms with Crippen LogP contribution < -0.4 is 16.0 Å². The molecule has 1 aromatic rings. The zero-order valence-corrected chi connectivity index (χ0v) is 16.6. The summed E-state index contributed by atoms with van der Waals surface area (Å²) < 4.78 is 0. The van der Waals surface area contributed by atoms with Crippen molar-refractivity contribution in [3.8, 4) is 0 Å². The van der Waals surface area contributed by atoms with Gasteiger partial charge in [-0.15, -0.1) is 6.58 Å². The van der Waals surface area contributed by atoms with Crippen molar-refractivity contribution in [2.75, 3.05) is 13.1 Å². The fourth-order valence-corrected chi connectivity index (χ4v) is 4.74. The van der Waals surface area contributed by atoms with E-state index in [9.17, 15) is 14.4 Å². The molecule has 29 heavy (non-hydrogen) atoms. The molecule has 3 aliphatic heterocycles. The largest absolute Gasteiger partial charge is 0.322 e. The predicted molar refractivity (Wildman–Crippen MR) is 109 cm³/mol. The van der Waals surface area contributed by atoms with E-state index in [0.717, 1.165) is 43.5 Å². The van der Waals surface area contributed by atoms with Crippen LogP contribution in [0.2, 0.25) is 0 Å². The number of amides is 3. The van der Waals surface area contributed by atoms with Crippen molar-refractivity contribution in [1.82, 2.24) is 20.9 Å². The number of carbonyl (C=O) groups is 3. The van der Waals surface area contributed by atoms with Gasteiger partial charge in [0.15, 0.2) is 0 Å². The van der Waals surface area contributed by atoms with Gasteiger partial charge in [-0.2, -0.15) is 0 Å². The van der Waals surface area contributed by atoms with E-state index in [0.29, 0.717) is 25.1 Å². The molecule has 0 aliphatic carbocycles. The summed E-state index contributed by atoms with van der Waals surface area (Å²) in [6, 6.07) is 5.20. The summed E-state index contributed by atoms with van der Waals surface area (Å²) in [6.45, 7) is 6.92. The average molecular weight is 396 g/mol. The van der Waals surface area contributed by atoms with Crippen LogP contribution in [-0.4, -0.2) is 47.3 Å². The van der Waals surface area contributed by atoms with Gasteiger partial charge in [-0.1, -0.05) is 18.2 Å². The number of fused-ring (bicyclic) bond motifs is 1. The molecule has 1 aromatic carbocycles. The number of hydrogen-bond acceptors (Lipinski definition) is 5. The highest BCUT2D eigenvalue weighted by atomic mass is 16.2. The molecule has 154 valence electrons. The third-order valence-corrected chi connectivity index (χ3v) is 6.34. The van der Waals surface area contributed by atoms with E-state index < -0.39 is 6.04 Å². The number of hydrogen-bond donors (Lipinski definition) is 3. The van der Waals surface area contributed by atoms with Gasteiger partial charge >= 0.3 is 0 Å². The Bertz CT molecular complexity index is 844. The van der Waals surface area contributed by atoms with Gasteiger partial charge in [0.25, 0.3) is 5.91 Å². The van der Waals surface area contributed by atoms with Crippen LogP contribution in [0.3, 0.4) is 0 Å². The Morgan fingerprint density at radius 3 is 2.90 bits per heavy atom. The molecular weight excluding hydrogens is 368 g/mol. The SMILES string of the molecule is C=CCC1(NCc2cccc3c2CN(C2CCC(=O)NC2=O)C3=O)CCCNC1. The second-order valence-electron chi connectivity index (χ2n) is 8.25. The Morgan fingerprint density at radius 1 is 1.31 bits per heavy atom. The number of rotatable bonds is 6. The van der Waals surface area contributed by atoms with E-state index in [1.807, 2.05) is 24.3 Å². The molecule has 0 saturated carbocycles. The minimum absolute atomic E-state index is 0.0192. The Hall–Kier alpha value is -2.51. The van der Waals surface area contributed by atoms with Crippen LogP contribution in [0.15, 0.2) is 30.9 Å². The van der Waals surface area contributed by atoms with Crippen LogP contribution in [-0.2, 0) is 22.7 Å². The lowest BCUT2D eigenvalue weighted by molar-refractivity contribution is -0.136. The highest BCUT2D eigenvalue weighted by molar-refractivity contribution is 6.05. The number of nitrogens with one attached hydrogen (secondary N) is 3. The van der Waals surface area contributed by atoms with Gasteiger partial charge < -0.3 is 15.5 Å². The molecule has 2 unspecified atom stereocenters. The van der Waals surface area contributed by atoms with Crippen LogP contribution in [0.1, 0.15) is 53.6 Å². The van der Waals surface area contributed by atoms with Crippen LogP contribution in [0.4, 0.5) is 0 Å². The van der Waals surface area contributed by atoms with E-state index >= 15 is 0 Å². The molecule has 0 bridgehead atoms. The molecular formula is C22H28N4O3. The standard InChI is InChI=1S/C22H28N4O3/c1-2-9-22(10-4-11-23-14-22)24-12-15-5-3-6-16-17(15)13-26(21(16)29)18-7-8-19(27)25-20(18)28/h2-3,5-6,18,23-24H,1,4,7-14H2,(H,25,27,28). The van der Waals surface area contributed by atoms with Crippen LogP contribution in [0.5, 0.6) is 0 Å². The van der Waals surface area contributed by atoms with Crippen LogP contribution in [0.25, 0.3) is 0 Å². The maximum atomic E-state index is 13.0. The summed E-state index contributed by atoms with van der Waals surface area (Å²) in [5.41, 5.74) is 2.70. The minimum Gasteiger partial charge on any atom is -0.322 e. The van der Waals surface area contributed by atoms with Gasteiger partial charge in [0.05, 0.1) is 0 Å². The Labute approximate surface area is 170 Å². The molecule has 3 heterocycles. The summed E-state index contributed by atoms with van der Waals surface area (Å²) in [5.74, 6) is -0.773. The van der Waals surface area contributed by atoms with Crippen LogP contribution >= 0.6 is 0 Å². The maximum Gasteiger partial charge on any atom is 0.255 e. The normalized spacial score (nSPS) is 27.0. The molecule has 4 rings (SSSR count). The maximum absolute atomic E-state index is 13.0. The predicted octanol–water partition coefficient (Wildman–Crippen LogP) is 1.24. The highest BCUT2D eigenvalue weighted by Crippen LogP contribution is 2.30. The first kappa shape index (κ1) is 19.8. The third-order valence-electron chi connectivity index (χ3n) is 6.34. The first-order valence-electron chi connectivity index (χ1n) is 10.3. The number of benzene rings is 1. The highest BCUT2D eigenvalue weighted by Gasteiger charge is 2.40. The molecule has 0 spiro atoms. The molecule has 3 aliphatic rings. The van der Waals surface area contributed by atoms with E-state index in [1.165, 1.54) is 0 Å². The van der Waals surface area contributed by atoms with Gasteiger partial charge in [-0.3, -0.25) is 19.7 Å². The average Bonchev–Trinajstić information content (AvgIpc) is 3.05. The van der Waals surface area contributed by atoms with E-state index in [1.54, 1.807) is 4.90 Å². The third kappa shape index (κ3) is 3.84. The molecule has 0 aromatic heterocycles. The lowest BCUT2D eigenvalue weighted by Gasteiger charge is -2.38. The van der Waals surface area contributed by atoms with Crippen molar-refractivity contribution >= 4 is 17.7 Å². The Balaban J connectivity index is 1.51. The molecule has 0 radical (unpaired) electrons. The summed E-state index contributed by atoms with van der Waals surface area (Å²) >= 11 is 0. The summed E-state index contributed by atoms with van der Waals surface area (Å²) in [6.07, 6.45) is 5.70. The van der Waals surface area contributed by atoms with Crippen molar-refractivity contribution in [1.29, 1.82) is 0 Å². The van der Waals surface area contributed by atoms with Crippen molar-refractivity contribution in [3.05, 3.63) is 47.5 Å². The van der Waals surface area contributed by atoms with Crippen LogP contribution in [0, 0.1) is 0 Å². The first-order chi connectivity index (χ1) is 14.0. The smallest absolute Gasteiger partial charge is 0.255 e. The Kier molecular flexibility index (Phi) is 5.52. The zero-order valence-electron chi connectivity index (χ0n) is 16.6. The zero-order chi connectivity index (χ0) is 20.4. The van der Waals surface area contributed by atoms with Gasteiger partial charge in [0, 0.05) is 37.2 Å². The molecule has 2 saturated heterocycles.